The quantitative estimate of drug-likeness (QED) is 0.857. The smallest absolute Gasteiger partial charge is 0.320 e. The summed E-state index contributed by atoms with van der Waals surface area (Å²) in [5.74, 6) is 0.556. The summed E-state index contributed by atoms with van der Waals surface area (Å²) >= 11 is 0. The SMILES string of the molecule is CCN(CC)C(=O)N1CCN(C(=O)c2ccc3oc(C)nc3c2)CC1. The number of carbonyl (C=O) groups excluding carboxylic acids is 2. The highest BCUT2D eigenvalue weighted by Gasteiger charge is 2.27. The Labute approximate surface area is 147 Å². The van der Waals surface area contributed by atoms with Gasteiger partial charge in [-0.1, -0.05) is 0 Å². The van der Waals surface area contributed by atoms with Gasteiger partial charge >= 0.3 is 6.03 Å². The Morgan fingerprint density at radius 3 is 2.40 bits per heavy atom. The van der Waals surface area contributed by atoms with Crippen molar-refractivity contribution in [1.82, 2.24) is 19.7 Å². The molecule has 1 aliphatic rings. The zero-order valence-corrected chi connectivity index (χ0v) is 15.0. The number of rotatable bonds is 3. The van der Waals surface area contributed by atoms with E-state index >= 15 is 0 Å². The lowest BCUT2D eigenvalue weighted by atomic mass is 10.1. The maximum Gasteiger partial charge on any atom is 0.320 e. The van der Waals surface area contributed by atoms with Crippen LogP contribution in [0.4, 0.5) is 4.79 Å². The van der Waals surface area contributed by atoms with E-state index in [1.54, 1.807) is 34.9 Å². The first kappa shape index (κ1) is 17.3. The summed E-state index contributed by atoms with van der Waals surface area (Å²) in [5.41, 5.74) is 1.98. The van der Waals surface area contributed by atoms with E-state index in [0.717, 1.165) is 0 Å². The highest BCUT2D eigenvalue weighted by Crippen LogP contribution is 2.18. The van der Waals surface area contributed by atoms with Gasteiger partial charge in [0.25, 0.3) is 5.91 Å². The number of benzene rings is 1. The Bertz CT molecular complexity index is 774. The van der Waals surface area contributed by atoms with E-state index < -0.39 is 0 Å². The van der Waals surface area contributed by atoms with Crippen LogP contribution in [0.2, 0.25) is 0 Å². The number of piperazine rings is 1. The third-order valence-corrected chi connectivity index (χ3v) is 4.61. The lowest BCUT2D eigenvalue weighted by Crippen LogP contribution is -2.54. The van der Waals surface area contributed by atoms with Crippen molar-refractivity contribution in [2.24, 2.45) is 0 Å². The minimum absolute atomic E-state index is 0.0301. The topological polar surface area (TPSA) is 69.9 Å². The summed E-state index contributed by atoms with van der Waals surface area (Å²) in [6, 6.07) is 5.36. The van der Waals surface area contributed by atoms with Gasteiger partial charge in [0.05, 0.1) is 0 Å². The van der Waals surface area contributed by atoms with E-state index in [1.807, 2.05) is 18.7 Å². The maximum absolute atomic E-state index is 12.7. The average Bonchev–Trinajstić information content (AvgIpc) is 3.01. The molecule has 0 N–H and O–H groups in total. The van der Waals surface area contributed by atoms with Crippen LogP contribution in [0.25, 0.3) is 11.1 Å². The normalized spacial score (nSPS) is 14.8. The zero-order chi connectivity index (χ0) is 18.0. The van der Waals surface area contributed by atoms with Crippen LogP contribution in [0.5, 0.6) is 0 Å². The number of amides is 3. The van der Waals surface area contributed by atoms with E-state index in [-0.39, 0.29) is 11.9 Å². The van der Waals surface area contributed by atoms with Crippen molar-refractivity contribution in [2.45, 2.75) is 20.8 Å². The van der Waals surface area contributed by atoms with E-state index in [1.165, 1.54) is 0 Å². The molecule has 2 heterocycles. The van der Waals surface area contributed by atoms with Crippen LogP contribution >= 0.6 is 0 Å². The molecule has 0 radical (unpaired) electrons. The Kier molecular flexibility index (Phi) is 4.92. The van der Waals surface area contributed by atoms with Crippen LogP contribution in [0.3, 0.4) is 0 Å². The third-order valence-electron chi connectivity index (χ3n) is 4.61. The highest BCUT2D eigenvalue weighted by molar-refractivity contribution is 5.97. The van der Waals surface area contributed by atoms with Gasteiger partial charge in [0.1, 0.15) is 5.52 Å². The van der Waals surface area contributed by atoms with Crippen molar-refractivity contribution in [2.75, 3.05) is 39.3 Å². The molecule has 2 aromatic rings. The minimum Gasteiger partial charge on any atom is -0.441 e. The number of aromatic nitrogens is 1. The molecule has 134 valence electrons. The molecule has 0 spiro atoms. The molecule has 1 aromatic heterocycles. The van der Waals surface area contributed by atoms with Crippen molar-refractivity contribution < 1.29 is 14.0 Å². The number of nitrogens with zero attached hydrogens (tertiary/aromatic N) is 4. The van der Waals surface area contributed by atoms with Crippen molar-refractivity contribution in [1.29, 1.82) is 0 Å². The van der Waals surface area contributed by atoms with Crippen LogP contribution in [0.15, 0.2) is 22.6 Å². The Morgan fingerprint density at radius 1 is 1.12 bits per heavy atom. The Balaban J connectivity index is 1.65. The average molecular weight is 344 g/mol. The summed E-state index contributed by atoms with van der Waals surface area (Å²) in [7, 11) is 0. The van der Waals surface area contributed by atoms with Crippen molar-refractivity contribution in [3.05, 3.63) is 29.7 Å². The molecule has 7 nitrogen and oxygen atoms in total. The molecule has 0 aliphatic carbocycles. The number of urea groups is 1. The molecule has 0 atom stereocenters. The van der Waals surface area contributed by atoms with Gasteiger partial charge in [-0.05, 0) is 32.0 Å². The molecule has 1 aliphatic heterocycles. The Morgan fingerprint density at radius 2 is 1.76 bits per heavy atom. The molecule has 1 fully saturated rings. The fourth-order valence-electron chi connectivity index (χ4n) is 3.15. The minimum atomic E-state index is -0.0301. The van der Waals surface area contributed by atoms with Crippen LogP contribution in [0.1, 0.15) is 30.1 Å². The molecule has 1 saturated heterocycles. The van der Waals surface area contributed by atoms with Gasteiger partial charge in [0.2, 0.25) is 0 Å². The second-order valence-electron chi connectivity index (χ2n) is 6.15. The zero-order valence-electron chi connectivity index (χ0n) is 15.0. The number of carbonyl (C=O) groups is 2. The standard InChI is InChI=1S/C18H24N4O3/c1-4-20(5-2)18(24)22-10-8-21(9-11-22)17(23)14-6-7-16-15(12-14)19-13(3)25-16/h6-7,12H,4-5,8-11H2,1-3H3. The van der Waals surface area contributed by atoms with Crippen molar-refractivity contribution in [3.63, 3.8) is 0 Å². The third kappa shape index (κ3) is 3.45. The molecule has 1 aromatic carbocycles. The van der Waals surface area contributed by atoms with Gasteiger partial charge in [-0.15, -0.1) is 0 Å². The van der Waals surface area contributed by atoms with Crippen LogP contribution in [0, 0.1) is 6.92 Å². The highest BCUT2D eigenvalue weighted by atomic mass is 16.3. The molecule has 25 heavy (non-hydrogen) atoms. The van der Waals surface area contributed by atoms with Gasteiger partial charge in [-0.2, -0.15) is 0 Å². The first-order valence-electron chi connectivity index (χ1n) is 8.73. The largest absolute Gasteiger partial charge is 0.441 e. The number of hydrogen-bond donors (Lipinski definition) is 0. The maximum atomic E-state index is 12.7. The molecule has 0 unspecified atom stereocenters. The van der Waals surface area contributed by atoms with E-state index in [2.05, 4.69) is 4.98 Å². The van der Waals surface area contributed by atoms with Crippen LogP contribution in [-0.2, 0) is 0 Å². The first-order chi connectivity index (χ1) is 12.0. The van der Waals surface area contributed by atoms with E-state index in [9.17, 15) is 9.59 Å². The number of oxazole rings is 1. The van der Waals surface area contributed by atoms with Crippen LogP contribution < -0.4 is 0 Å². The number of fused-ring (bicyclic) bond motifs is 1. The Hall–Kier alpha value is -2.57. The van der Waals surface area contributed by atoms with Gasteiger partial charge in [0.15, 0.2) is 11.5 Å². The fraction of sp³-hybridized carbons (Fsp3) is 0.500. The van der Waals surface area contributed by atoms with Gasteiger partial charge in [-0.25, -0.2) is 9.78 Å². The van der Waals surface area contributed by atoms with Gasteiger partial charge in [-0.3, -0.25) is 4.79 Å². The number of aryl methyl sites for hydroxylation is 1. The number of hydrogen-bond acceptors (Lipinski definition) is 4. The first-order valence-corrected chi connectivity index (χ1v) is 8.73. The monoisotopic (exact) mass is 344 g/mol. The molecular formula is C18H24N4O3. The summed E-state index contributed by atoms with van der Waals surface area (Å²) in [6.07, 6.45) is 0. The van der Waals surface area contributed by atoms with Gasteiger partial charge in [0, 0.05) is 51.8 Å². The molecular weight excluding hydrogens is 320 g/mol. The summed E-state index contributed by atoms with van der Waals surface area (Å²) in [5, 5.41) is 0. The second-order valence-corrected chi connectivity index (χ2v) is 6.15. The van der Waals surface area contributed by atoms with Gasteiger partial charge < -0.3 is 19.1 Å². The summed E-state index contributed by atoms with van der Waals surface area (Å²) in [4.78, 5) is 34.8. The second kappa shape index (κ2) is 7.13. The van der Waals surface area contributed by atoms with E-state index in [4.69, 9.17) is 4.42 Å². The molecule has 0 bridgehead atoms. The lowest BCUT2D eigenvalue weighted by Gasteiger charge is -2.37. The van der Waals surface area contributed by atoms with Crippen molar-refractivity contribution in [3.8, 4) is 0 Å². The van der Waals surface area contributed by atoms with Crippen molar-refractivity contribution >= 4 is 23.0 Å². The van der Waals surface area contributed by atoms with E-state index in [0.29, 0.717) is 61.8 Å². The summed E-state index contributed by atoms with van der Waals surface area (Å²) < 4.78 is 5.45. The fourth-order valence-corrected chi connectivity index (χ4v) is 3.15. The molecule has 7 heteroatoms. The predicted octanol–water partition coefficient (Wildman–Crippen LogP) is 2.36. The predicted molar refractivity (Wildman–Crippen MR) is 94.5 cm³/mol. The van der Waals surface area contributed by atoms with Crippen LogP contribution in [-0.4, -0.2) is 70.9 Å². The molecule has 0 saturated carbocycles. The summed E-state index contributed by atoms with van der Waals surface area (Å²) in [6.45, 7) is 9.35. The lowest BCUT2D eigenvalue weighted by molar-refractivity contribution is 0.0641. The molecule has 3 amide bonds. The molecule has 3 rings (SSSR count).